The van der Waals surface area contributed by atoms with Crippen molar-refractivity contribution in [2.24, 2.45) is 5.92 Å². The molecule has 2 rings (SSSR count). The molecular formula is C14H19ClN2OS. The van der Waals surface area contributed by atoms with Gasteiger partial charge < -0.3 is 14.3 Å². The van der Waals surface area contributed by atoms with E-state index in [1.807, 2.05) is 22.8 Å². The molecule has 0 saturated heterocycles. The number of aromatic nitrogens is 2. The van der Waals surface area contributed by atoms with Crippen molar-refractivity contribution in [3.05, 3.63) is 28.0 Å². The second-order valence-corrected chi connectivity index (χ2v) is 5.81. The highest BCUT2D eigenvalue weighted by molar-refractivity contribution is 7.71. The quantitative estimate of drug-likeness (QED) is 0.632. The predicted molar refractivity (Wildman–Crippen MR) is 82.4 cm³/mol. The molecule has 0 amide bonds. The summed E-state index contributed by atoms with van der Waals surface area (Å²) in [5, 5.41) is 0.715. The summed E-state index contributed by atoms with van der Waals surface area (Å²) >= 11 is 11.6. The van der Waals surface area contributed by atoms with Gasteiger partial charge in [0.25, 0.3) is 0 Å². The number of halogens is 1. The number of benzene rings is 1. The maximum absolute atomic E-state index is 6.23. The molecule has 0 unspecified atom stereocenters. The van der Waals surface area contributed by atoms with E-state index in [0.29, 0.717) is 22.3 Å². The molecule has 0 spiro atoms. The Balaban J connectivity index is 2.04. The van der Waals surface area contributed by atoms with Gasteiger partial charge in [-0.05, 0) is 36.7 Å². The van der Waals surface area contributed by atoms with Crippen molar-refractivity contribution in [3.63, 3.8) is 0 Å². The third-order valence-corrected chi connectivity index (χ3v) is 3.67. The van der Waals surface area contributed by atoms with Crippen molar-refractivity contribution in [1.82, 2.24) is 9.55 Å². The third kappa shape index (κ3) is 3.59. The first-order chi connectivity index (χ1) is 9.09. The van der Waals surface area contributed by atoms with Gasteiger partial charge in [-0.2, -0.15) is 0 Å². The zero-order chi connectivity index (χ0) is 13.8. The normalized spacial score (nSPS) is 11.6. The molecule has 0 bridgehead atoms. The lowest BCUT2D eigenvalue weighted by Gasteiger charge is -2.08. The van der Waals surface area contributed by atoms with Crippen LogP contribution >= 0.6 is 23.8 Å². The minimum atomic E-state index is 0.652. The number of rotatable bonds is 6. The van der Waals surface area contributed by atoms with Crippen LogP contribution in [0.15, 0.2) is 18.2 Å². The van der Waals surface area contributed by atoms with E-state index in [2.05, 4.69) is 18.8 Å². The number of H-pyrrole nitrogens is 1. The maximum atomic E-state index is 6.23. The molecule has 0 aliphatic carbocycles. The first-order valence-electron chi connectivity index (χ1n) is 6.54. The van der Waals surface area contributed by atoms with Crippen molar-refractivity contribution in [2.45, 2.75) is 26.8 Å². The van der Waals surface area contributed by atoms with Gasteiger partial charge in [0.05, 0.1) is 22.7 Å². The fourth-order valence-corrected chi connectivity index (χ4v) is 2.53. The Bertz CT molecular complexity index is 603. The summed E-state index contributed by atoms with van der Waals surface area (Å²) in [6, 6.07) is 5.77. The van der Waals surface area contributed by atoms with Gasteiger partial charge in [0, 0.05) is 13.2 Å². The average molecular weight is 299 g/mol. The van der Waals surface area contributed by atoms with Crippen LogP contribution in [0, 0.1) is 10.7 Å². The van der Waals surface area contributed by atoms with Crippen LogP contribution in [0.2, 0.25) is 5.02 Å². The van der Waals surface area contributed by atoms with Gasteiger partial charge >= 0.3 is 0 Å². The zero-order valence-electron chi connectivity index (χ0n) is 11.3. The summed E-state index contributed by atoms with van der Waals surface area (Å²) in [5.74, 6) is 0.671. The standard InChI is InChI=1S/C14H19ClN2OS/c1-10(2)6-8-18-9-7-17-13-11(15)4-3-5-12(13)16-14(17)19/h3-5,10H,6-9H2,1-2H3,(H,16,19). The van der Waals surface area contributed by atoms with Gasteiger partial charge in [0.15, 0.2) is 4.77 Å². The lowest BCUT2D eigenvalue weighted by molar-refractivity contribution is 0.116. The Hall–Kier alpha value is -0.840. The number of aromatic amines is 1. The molecule has 5 heteroatoms. The zero-order valence-corrected chi connectivity index (χ0v) is 12.9. The number of fused-ring (bicyclic) bond motifs is 1. The lowest BCUT2D eigenvalue weighted by atomic mass is 10.1. The first-order valence-corrected chi connectivity index (χ1v) is 7.33. The van der Waals surface area contributed by atoms with Gasteiger partial charge in [0.2, 0.25) is 0 Å². The number of imidazole rings is 1. The van der Waals surface area contributed by atoms with Crippen LogP contribution in [0.3, 0.4) is 0 Å². The number of ether oxygens (including phenoxy) is 1. The average Bonchev–Trinajstić information content (AvgIpc) is 2.66. The Morgan fingerprint density at radius 1 is 1.37 bits per heavy atom. The molecule has 1 N–H and O–H groups in total. The van der Waals surface area contributed by atoms with Crippen LogP contribution in [0.1, 0.15) is 20.3 Å². The summed E-state index contributed by atoms with van der Waals surface area (Å²) in [6.07, 6.45) is 1.08. The molecule has 0 fully saturated rings. The van der Waals surface area contributed by atoms with Crippen LogP contribution in [0.4, 0.5) is 0 Å². The molecule has 0 aliphatic rings. The maximum Gasteiger partial charge on any atom is 0.178 e. The number of nitrogens with zero attached hydrogens (tertiary/aromatic N) is 1. The largest absolute Gasteiger partial charge is 0.380 e. The van der Waals surface area contributed by atoms with Gasteiger partial charge in [-0.3, -0.25) is 0 Å². The number of nitrogens with one attached hydrogen (secondary N) is 1. The molecule has 104 valence electrons. The molecule has 2 aromatic rings. The highest BCUT2D eigenvalue weighted by atomic mass is 35.5. The van der Waals surface area contributed by atoms with E-state index in [1.165, 1.54) is 0 Å². The van der Waals surface area contributed by atoms with Gasteiger partial charge in [-0.25, -0.2) is 0 Å². The molecule has 0 aliphatic heterocycles. The van der Waals surface area contributed by atoms with E-state index >= 15 is 0 Å². The minimum Gasteiger partial charge on any atom is -0.380 e. The highest BCUT2D eigenvalue weighted by Gasteiger charge is 2.07. The number of hydrogen-bond donors (Lipinski definition) is 1. The lowest BCUT2D eigenvalue weighted by Crippen LogP contribution is -2.08. The van der Waals surface area contributed by atoms with Crippen molar-refractivity contribution < 1.29 is 4.74 Å². The van der Waals surface area contributed by atoms with Gasteiger partial charge in [-0.1, -0.05) is 31.5 Å². The topological polar surface area (TPSA) is 29.9 Å². The molecule has 19 heavy (non-hydrogen) atoms. The summed E-state index contributed by atoms with van der Waals surface area (Å²) in [7, 11) is 0. The summed E-state index contributed by atoms with van der Waals surface area (Å²) < 4.78 is 8.33. The van der Waals surface area contributed by atoms with Crippen molar-refractivity contribution in [1.29, 1.82) is 0 Å². The van der Waals surface area contributed by atoms with E-state index in [1.54, 1.807) is 0 Å². The monoisotopic (exact) mass is 298 g/mol. The van der Waals surface area contributed by atoms with E-state index in [9.17, 15) is 0 Å². The van der Waals surface area contributed by atoms with E-state index in [-0.39, 0.29) is 0 Å². The molecule has 0 radical (unpaired) electrons. The summed E-state index contributed by atoms with van der Waals surface area (Å²) in [6.45, 7) is 6.55. The van der Waals surface area contributed by atoms with Crippen molar-refractivity contribution in [3.8, 4) is 0 Å². The molecule has 1 aromatic carbocycles. The summed E-state index contributed by atoms with van der Waals surface area (Å²) in [4.78, 5) is 3.16. The number of para-hydroxylation sites is 1. The fraction of sp³-hybridized carbons (Fsp3) is 0.500. The molecule has 3 nitrogen and oxygen atoms in total. The van der Waals surface area contributed by atoms with E-state index in [4.69, 9.17) is 28.6 Å². The van der Waals surface area contributed by atoms with Crippen molar-refractivity contribution in [2.75, 3.05) is 13.2 Å². The predicted octanol–water partition coefficient (Wildman–Crippen LogP) is 4.41. The van der Waals surface area contributed by atoms with Crippen LogP contribution in [0.25, 0.3) is 11.0 Å². The molecule has 1 heterocycles. The Morgan fingerprint density at radius 3 is 2.89 bits per heavy atom. The minimum absolute atomic E-state index is 0.652. The second-order valence-electron chi connectivity index (χ2n) is 5.01. The SMILES string of the molecule is CC(C)CCOCCn1c(=S)[nH]c2cccc(Cl)c21. The van der Waals surface area contributed by atoms with E-state index in [0.717, 1.165) is 30.6 Å². The third-order valence-electron chi connectivity index (χ3n) is 3.04. The van der Waals surface area contributed by atoms with Crippen LogP contribution in [0.5, 0.6) is 0 Å². The highest BCUT2D eigenvalue weighted by Crippen LogP contribution is 2.23. The Morgan fingerprint density at radius 2 is 2.16 bits per heavy atom. The molecule has 1 aromatic heterocycles. The van der Waals surface area contributed by atoms with Crippen molar-refractivity contribution >= 4 is 34.9 Å². The molecule has 0 saturated carbocycles. The number of hydrogen-bond acceptors (Lipinski definition) is 2. The summed E-state index contributed by atoms with van der Waals surface area (Å²) in [5.41, 5.74) is 1.93. The molecule has 0 atom stereocenters. The van der Waals surface area contributed by atoms with Gasteiger partial charge in [0.1, 0.15) is 0 Å². The van der Waals surface area contributed by atoms with Crippen LogP contribution in [-0.2, 0) is 11.3 Å². The second kappa shape index (κ2) is 6.55. The fourth-order valence-electron chi connectivity index (χ4n) is 1.97. The van der Waals surface area contributed by atoms with Gasteiger partial charge in [-0.15, -0.1) is 0 Å². The molecular weight excluding hydrogens is 280 g/mol. The van der Waals surface area contributed by atoms with Crippen LogP contribution in [-0.4, -0.2) is 22.8 Å². The van der Waals surface area contributed by atoms with E-state index < -0.39 is 0 Å². The van der Waals surface area contributed by atoms with Crippen LogP contribution < -0.4 is 0 Å². The Kier molecular flexibility index (Phi) is 5.02. The Labute approximate surface area is 123 Å². The first kappa shape index (κ1) is 14.6. The smallest absolute Gasteiger partial charge is 0.178 e.